The summed E-state index contributed by atoms with van der Waals surface area (Å²) in [6.07, 6.45) is 0.184. The minimum absolute atomic E-state index is 0.183. The summed E-state index contributed by atoms with van der Waals surface area (Å²) < 4.78 is 7.95. The maximum atomic E-state index is 11.6. The molecule has 0 bridgehead atoms. The number of carbonyl (C=O) groups is 1. The molecule has 0 saturated heterocycles. The molecule has 7 heteroatoms. The average molecular weight is 353 g/mol. The molecular formula is C10H19BIN2O3-. The molecule has 0 heterocycles. The van der Waals surface area contributed by atoms with Gasteiger partial charge in [0.1, 0.15) is 0 Å². The van der Waals surface area contributed by atoms with E-state index < -0.39 is 33.9 Å². The molecule has 0 spiro atoms. The summed E-state index contributed by atoms with van der Waals surface area (Å²) in [4.78, 5) is 11.6. The number of esters is 1. The van der Waals surface area contributed by atoms with Crippen molar-refractivity contribution in [3.05, 3.63) is 0 Å². The zero-order valence-corrected chi connectivity index (χ0v) is 12.8. The summed E-state index contributed by atoms with van der Waals surface area (Å²) in [5.41, 5.74) is -0.503. The fraction of sp³-hybridized carbons (Fsp3) is 0.800. The van der Waals surface area contributed by atoms with Crippen LogP contribution in [0.3, 0.4) is 0 Å². The van der Waals surface area contributed by atoms with Crippen LogP contribution in [0.5, 0.6) is 0 Å². The van der Waals surface area contributed by atoms with E-state index in [1.807, 2.05) is 20.8 Å². The number of alkyl halides is 1. The van der Waals surface area contributed by atoms with Crippen LogP contribution in [-0.4, -0.2) is 34.1 Å². The van der Waals surface area contributed by atoms with Gasteiger partial charge in [-0.25, -0.2) is 0 Å². The number of carbonyl (C=O) groups excluding carboxylic acids is 1. The molecule has 0 unspecified atom stereocenters. The average Bonchev–Trinajstić information content (AvgIpc) is 2.09. The molecule has 5 nitrogen and oxygen atoms in total. The van der Waals surface area contributed by atoms with E-state index in [-0.39, 0.29) is 18.4 Å². The number of hydrogen-bond acceptors (Lipinski definition) is 5. The summed E-state index contributed by atoms with van der Waals surface area (Å²) >= 11 is -0.586. The van der Waals surface area contributed by atoms with Gasteiger partial charge in [0, 0.05) is 0 Å². The van der Waals surface area contributed by atoms with E-state index in [1.54, 1.807) is 6.82 Å². The van der Waals surface area contributed by atoms with Crippen LogP contribution in [0.15, 0.2) is 0 Å². The van der Waals surface area contributed by atoms with Crippen molar-refractivity contribution in [3.8, 4) is 4.08 Å². The van der Waals surface area contributed by atoms with Gasteiger partial charge in [-0.3, -0.25) is 0 Å². The molecule has 0 aliphatic rings. The van der Waals surface area contributed by atoms with E-state index in [0.717, 1.165) is 0 Å². The number of nitrogens with zero attached hydrogens (tertiary/aromatic N) is 1. The minimum atomic E-state index is -0.690. The molecule has 0 aromatic rings. The molecule has 0 aromatic carbocycles. The third-order valence-electron chi connectivity index (χ3n) is 1.63. The second-order valence-corrected chi connectivity index (χ2v) is 6.83. The Balaban J connectivity index is 4.22. The quantitative estimate of drug-likeness (QED) is 0.236. The standard InChI is InChI=1S/C10H19BIN2O3/c1-10(2,3)17-9(15)5-8(6-12-7-13)14-11(4)16/h8,14,16H,5-6H2,1-4H3/q-1/t8-/m1/s1. The second kappa shape index (κ2) is 7.90. The number of halogens is 1. The summed E-state index contributed by atoms with van der Waals surface area (Å²) in [5.74, 6) is -0.308. The maximum absolute atomic E-state index is 11.6. The topological polar surface area (TPSA) is 82.4 Å². The summed E-state index contributed by atoms with van der Waals surface area (Å²) in [6, 6.07) is -0.183. The Bertz CT molecular complexity index is 286. The molecule has 0 aromatic heterocycles. The first-order valence-corrected chi connectivity index (χ1v) is 7.98. The van der Waals surface area contributed by atoms with Crippen LogP contribution >= 0.6 is 0 Å². The molecule has 0 aliphatic heterocycles. The molecule has 17 heavy (non-hydrogen) atoms. The van der Waals surface area contributed by atoms with Gasteiger partial charge in [-0.05, 0) is 0 Å². The number of nitrogens with one attached hydrogen (secondary N) is 1. The molecular weight excluding hydrogens is 334 g/mol. The van der Waals surface area contributed by atoms with E-state index in [9.17, 15) is 9.82 Å². The summed E-state index contributed by atoms with van der Waals surface area (Å²) in [7, 11) is -0.690. The van der Waals surface area contributed by atoms with Crippen molar-refractivity contribution in [2.45, 2.75) is 45.7 Å². The summed E-state index contributed by atoms with van der Waals surface area (Å²) in [5, 5.41) is 20.7. The molecule has 1 atom stereocenters. The van der Waals surface area contributed by atoms with Crippen molar-refractivity contribution < 1.29 is 35.8 Å². The predicted octanol–water partition coefficient (Wildman–Crippen LogP) is -2.64. The third-order valence-corrected chi connectivity index (χ3v) is 3.48. The Morgan fingerprint density at radius 1 is 1.65 bits per heavy atom. The van der Waals surface area contributed by atoms with E-state index in [2.05, 4.69) is 9.30 Å². The van der Waals surface area contributed by atoms with Gasteiger partial charge in [-0.1, -0.05) is 0 Å². The van der Waals surface area contributed by atoms with Gasteiger partial charge in [0.15, 0.2) is 0 Å². The zero-order chi connectivity index (χ0) is 13.5. The van der Waals surface area contributed by atoms with Crippen LogP contribution in [0.1, 0.15) is 27.2 Å². The Labute approximate surface area is 113 Å². The zero-order valence-electron chi connectivity index (χ0n) is 10.7. The van der Waals surface area contributed by atoms with Gasteiger partial charge in [0.25, 0.3) is 0 Å². The van der Waals surface area contributed by atoms with Gasteiger partial charge in [-0.15, -0.1) is 0 Å². The van der Waals surface area contributed by atoms with E-state index >= 15 is 0 Å². The third kappa shape index (κ3) is 10.5. The fourth-order valence-corrected chi connectivity index (χ4v) is 2.51. The first kappa shape index (κ1) is 16.7. The van der Waals surface area contributed by atoms with Crippen molar-refractivity contribution >= 4 is 13.0 Å². The van der Waals surface area contributed by atoms with Crippen LogP contribution in [0, 0.1) is 9.34 Å². The fourth-order valence-electron chi connectivity index (χ4n) is 1.21. The molecule has 2 N–H and O–H groups in total. The van der Waals surface area contributed by atoms with Gasteiger partial charge in [-0.2, -0.15) is 0 Å². The Hall–Kier alpha value is -0.325. The predicted molar refractivity (Wildman–Crippen MR) is 61.7 cm³/mol. The van der Waals surface area contributed by atoms with Crippen molar-refractivity contribution in [1.29, 1.82) is 5.26 Å². The molecule has 0 rings (SSSR count). The number of hydrogen-bond donors (Lipinski definition) is 2. The normalized spacial score (nSPS) is 12.9. The van der Waals surface area contributed by atoms with Crippen molar-refractivity contribution in [1.82, 2.24) is 5.23 Å². The Morgan fingerprint density at radius 2 is 2.24 bits per heavy atom. The van der Waals surface area contributed by atoms with Gasteiger partial charge in [0.2, 0.25) is 0 Å². The first-order valence-electron chi connectivity index (χ1n) is 5.38. The monoisotopic (exact) mass is 353 g/mol. The molecule has 0 amide bonds. The van der Waals surface area contributed by atoms with Crippen LogP contribution in [0.4, 0.5) is 0 Å². The van der Waals surface area contributed by atoms with Crippen LogP contribution in [0.25, 0.3) is 0 Å². The van der Waals surface area contributed by atoms with Gasteiger partial charge in [0.05, 0.1) is 0 Å². The van der Waals surface area contributed by atoms with E-state index in [1.165, 1.54) is 0 Å². The molecule has 98 valence electrons. The van der Waals surface area contributed by atoms with Crippen LogP contribution < -0.4 is 26.4 Å². The van der Waals surface area contributed by atoms with Crippen molar-refractivity contribution in [2.75, 3.05) is 4.43 Å². The van der Waals surface area contributed by atoms with Crippen LogP contribution in [0.2, 0.25) is 6.82 Å². The van der Waals surface area contributed by atoms with E-state index in [4.69, 9.17) is 10.00 Å². The first-order chi connectivity index (χ1) is 7.74. The van der Waals surface area contributed by atoms with Crippen molar-refractivity contribution in [2.24, 2.45) is 0 Å². The molecule has 0 saturated carbocycles. The Kier molecular flexibility index (Phi) is 7.75. The second-order valence-electron chi connectivity index (χ2n) is 4.70. The molecule has 0 aliphatic carbocycles. The molecule has 0 radical (unpaired) electrons. The van der Waals surface area contributed by atoms with E-state index in [0.29, 0.717) is 4.43 Å². The van der Waals surface area contributed by atoms with Crippen molar-refractivity contribution in [3.63, 3.8) is 0 Å². The summed E-state index contributed by atoms with van der Waals surface area (Å²) in [6.45, 7) is 7.02. The SMILES string of the molecule is CB(O)N[C@@H](C[I-]C#N)CC(=O)OC(C)(C)C. The van der Waals surface area contributed by atoms with Gasteiger partial charge < -0.3 is 0 Å². The van der Waals surface area contributed by atoms with Gasteiger partial charge >= 0.3 is 113 Å². The number of ether oxygens (including phenoxy) is 1. The van der Waals surface area contributed by atoms with Crippen LogP contribution in [-0.2, 0) is 9.53 Å². The molecule has 0 fully saturated rings. The Morgan fingerprint density at radius 3 is 2.65 bits per heavy atom. The number of rotatable bonds is 6. The number of nitriles is 1.